The normalized spacial score (nSPS) is 10.3. The Balaban J connectivity index is 1.68. The fourth-order valence-corrected chi connectivity index (χ4v) is 1.99. The number of methoxy groups -OCH3 is 1. The van der Waals surface area contributed by atoms with Gasteiger partial charge in [-0.05, 0) is 29.5 Å². The molecule has 0 bridgehead atoms. The Morgan fingerprint density at radius 2 is 2.00 bits per heavy atom. The van der Waals surface area contributed by atoms with Crippen molar-refractivity contribution in [1.29, 1.82) is 0 Å². The molecule has 1 amide bonds. The lowest BCUT2D eigenvalue weighted by atomic mass is 10.3. The second kappa shape index (κ2) is 6.65. The van der Waals surface area contributed by atoms with Crippen LogP contribution in [0.4, 0.5) is 5.69 Å². The van der Waals surface area contributed by atoms with E-state index in [1.165, 1.54) is 4.80 Å². The van der Waals surface area contributed by atoms with Crippen molar-refractivity contribution in [3.8, 4) is 17.1 Å². The van der Waals surface area contributed by atoms with Crippen LogP contribution in [-0.2, 0) is 11.3 Å². The van der Waals surface area contributed by atoms with Gasteiger partial charge < -0.3 is 10.1 Å². The molecule has 3 aromatic rings. The van der Waals surface area contributed by atoms with E-state index in [1.54, 1.807) is 43.8 Å². The van der Waals surface area contributed by atoms with Gasteiger partial charge in [0.1, 0.15) is 12.3 Å². The minimum Gasteiger partial charge on any atom is -0.495 e. The summed E-state index contributed by atoms with van der Waals surface area (Å²) in [6, 6.07) is 10.7. The van der Waals surface area contributed by atoms with Crippen LogP contribution < -0.4 is 10.1 Å². The van der Waals surface area contributed by atoms with Crippen molar-refractivity contribution < 1.29 is 9.53 Å². The zero-order valence-corrected chi connectivity index (χ0v) is 12.4. The van der Waals surface area contributed by atoms with Crippen LogP contribution in [0.3, 0.4) is 0 Å². The van der Waals surface area contributed by atoms with Crippen molar-refractivity contribution in [1.82, 2.24) is 25.2 Å². The maximum Gasteiger partial charge on any atom is 0.248 e. The third-order valence-electron chi connectivity index (χ3n) is 3.06. The third kappa shape index (κ3) is 3.49. The van der Waals surface area contributed by atoms with Crippen LogP contribution in [0.2, 0.25) is 0 Å². The number of nitrogens with zero attached hydrogens (tertiary/aromatic N) is 5. The van der Waals surface area contributed by atoms with Gasteiger partial charge in [-0.25, -0.2) is 0 Å². The van der Waals surface area contributed by atoms with E-state index in [0.717, 1.165) is 5.56 Å². The highest BCUT2D eigenvalue weighted by atomic mass is 16.5. The Hall–Kier alpha value is -3.29. The van der Waals surface area contributed by atoms with E-state index in [2.05, 4.69) is 25.7 Å². The van der Waals surface area contributed by atoms with Gasteiger partial charge in [-0.1, -0.05) is 12.1 Å². The first-order valence-corrected chi connectivity index (χ1v) is 6.87. The van der Waals surface area contributed by atoms with Gasteiger partial charge in [0.05, 0.1) is 12.8 Å². The molecule has 1 aromatic carbocycles. The second-order valence-corrected chi connectivity index (χ2v) is 4.63. The number of hydrogen-bond acceptors (Lipinski definition) is 6. The molecule has 0 unspecified atom stereocenters. The van der Waals surface area contributed by atoms with Crippen LogP contribution in [0.15, 0.2) is 48.8 Å². The molecule has 0 radical (unpaired) electrons. The van der Waals surface area contributed by atoms with Crippen LogP contribution in [0.25, 0.3) is 11.4 Å². The van der Waals surface area contributed by atoms with Crippen molar-refractivity contribution in [2.75, 3.05) is 12.4 Å². The van der Waals surface area contributed by atoms with Gasteiger partial charge >= 0.3 is 0 Å². The summed E-state index contributed by atoms with van der Waals surface area (Å²) in [7, 11) is 1.55. The quantitative estimate of drug-likeness (QED) is 0.765. The maximum absolute atomic E-state index is 12.1. The summed E-state index contributed by atoms with van der Waals surface area (Å²) in [5.41, 5.74) is 1.38. The minimum atomic E-state index is -0.270. The molecule has 2 heterocycles. The standard InChI is InChI=1S/C15H14N6O2/c1-23-13-5-3-2-4-12(13)17-14(22)10-21-19-15(18-20-21)11-6-8-16-9-7-11/h2-9H,10H2,1H3,(H,17,22). The molecule has 3 rings (SSSR count). The van der Waals surface area contributed by atoms with Crippen molar-refractivity contribution in [3.63, 3.8) is 0 Å². The lowest BCUT2D eigenvalue weighted by molar-refractivity contribution is -0.117. The van der Waals surface area contributed by atoms with Gasteiger partial charge in [0, 0.05) is 18.0 Å². The fourth-order valence-electron chi connectivity index (χ4n) is 1.99. The van der Waals surface area contributed by atoms with E-state index in [4.69, 9.17) is 4.74 Å². The van der Waals surface area contributed by atoms with Crippen molar-refractivity contribution in [3.05, 3.63) is 48.8 Å². The Bertz CT molecular complexity index is 802. The number of tetrazole rings is 1. The molecule has 2 aromatic heterocycles. The Kier molecular flexibility index (Phi) is 4.23. The molecule has 23 heavy (non-hydrogen) atoms. The number of pyridine rings is 1. The highest BCUT2D eigenvalue weighted by molar-refractivity contribution is 5.91. The summed E-state index contributed by atoms with van der Waals surface area (Å²) >= 11 is 0. The van der Waals surface area contributed by atoms with E-state index in [0.29, 0.717) is 17.3 Å². The van der Waals surface area contributed by atoms with E-state index in [-0.39, 0.29) is 12.5 Å². The predicted molar refractivity (Wildman–Crippen MR) is 82.7 cm³/mol. The number of carbonyl (C=O) groups excluding carboxylic acids is 1. The van der Waals surface area contributed by atoms with Gasteiger partial charge in [0.15, 0.2) is 0 Å². The van der Waals surface area contributed by atoms with Crippen molar-refractivity contribution >= 4 is 11.6 Å². The Labute approximate surface area is 132 Å². The number of para-hydroxylation sites is 2. The lowest BCUT2D eigenvalue weighted by Gasteiger charge is -2.09. The van der Waals surface area contributed by atoms with E-state index in [1.807, 2.05) is 12.1 Å². The van der Waals surface area contributed by atoms with Gasteiger partial charge in [0.2, 0.25) is 11.7 Å². The minimum absolute atomic E-state index is 0.0455. The van der Waals surface area contributed by atoms with Crippen LogP contribution in [-0.4, -0.2) is 38.2 Å². The van der Waals surface area contributed by atoms with Gasteiger partial charge in [0.25, 0.3) is 0 Å². The molecule has 1 N–H and O–H groups in total. The van der Waals surface area contributed by atoms with Crippen LogP contribution in [0.1, 0.15) is 0 Å². The van der Waals surface area contributed by atoms with Crippen LogP contribution in [0, 0.1) is 0 Å². The predicted octanol–water partition coefficient (Wildman–Crippen LogP) is 1.38. The van der Waals surface area contributed by atoms with Crippen LogP contribution in [0.5, 0.6) is 5.75 Å². The lowest BCUT2D eigenvalue weighted by Crippen LogP contribution is -2.20. The molecule has 0 aliphatic rings. The zero-order chi connectivity index (χ0) is 16.1. The molecule has 0 aliphatic carbocycles. The molecule has 116 valence electrons. The molecule has 0 aliphatic heterocycles. The smallest absolute Gasteiger partial charge is 0.248 e. The number of benzene rings is 1. The van der Waals surface area contributed by atoms with Crippen LogP contribution >= 0.6 is 0 Å². The molecule has 0 fully saturated rings. The molecule has 0 saturated carbocycles. The number of carbonyl (C=O) groups is 1. The van der Waals surface area contributed by atoms with Crippen molar-refractivity contribution in [2.24, 2.45) is 0 Å². The van der Waals surface area contributed by atoms with E-state index < -0.39 is 0 Å². The molecular formula is C15H14N6O2. The number of amides is 1. The summed E-state index contributed by atoms with van der Waals surface area (Å²) in [5, 5.41) is 14.7. The van der Waals surface area contributed by atoms with Gasteiger partial charge in [-0.15, -0.1) is 10.2 Å². The first-order chi connectivity index (χ1) is 11.3. The van der Waals surface area contributed by atoms with E-state index >= 15 is 0 Å². The number of anilines is 1. The fraction of sp³-hybridized carbons (Fsp3) is 0.133. The molecule has 8 nitrogen and oxygen atoms in total. The average Bonchev–Trinajstić information content (AvgIpc) is 3.04. The summed E-state index contributed by atoms with van der Waals surface area (Å²) < 4.78 is 5.19. The molecule has 0 saturated heterocycles. The summed E-state index contributed by atoms with van der Waals surface area (Å²) in [5.74, 6) is 0.760. The summed E-state index contributed by atoms with van der Waals surface area (Å²) in [6.07, 6.45) is 3.29. The Morgan fingerprint density at radius 1 is 1.22 bits per heavy atom. The monoisotopic (exact) mass is 310 g/mol. The molecule has 8 heteroatoms. The van der Waals surface area contributed by atoms with Crippen molar-refractivity contribution in [2.45, 2.75) is 6.54 Å². The second-order valence-electron chi connectivity index (χ2n) is 4.63. The first kappa shape index (κ1) is 14.6. The van der Waals surface area contributed by atoms with Gasteiger partial charge in [-0.2, -0.15) is 4.80 Å². The summed E-state index contributed by atoms with van der Waals surface area (Å²) in [4.78, 5) is 17.3. The van der Waals surface area contributed by atoms with Gasteiger partial charge in [-0.3, -0.25) is 9.78 Å². The third-order valence-corrected chi connectivity index (χ3v) is 3.06. The maximum atomic E-state index is 12.1. The van der Waals surface area contributed by atoms with E-state index in [9.17, 15) is 4.79 Å². The highest BCUT2D eigenvalue weighted by Crippen LogP contribution is 2.22. The number of nitrogens with one attached hydrogen (secondary N) is 1. The Morgan fingerprint density at radius 3 is 2.78 bits per heavy atom. The molecule has 0 atom stereocenters. The number of hydrogen-bond donors (Lipinski definition) is 1. The highest BCUT2D eigenvalue weighted by Gasteiger charge is 2.11. The number of rotatable bonds is 5. The molecular weight excluding hydrogens is 296 g/mol. The average molecular weight is 310 g/mol. The largest absolute Gasteiger partial charge is 0.495 e. The number of aromatic nitrogens is 5. The zero-order valence-electron chi connectivity index (χ0n) is 12.4. The number of ether oxygens (including phenoxy) is 1. The first-order valence-electron chi connectivity index (χ1n) is 6.87. The SMILES string of the molecule is COc1ccccc1NC(=O)Cn1nnc(-c2ccncc2)n1. The summed E-state index contributed by atoms with van der Waals surface area (Å²) in [6.45, 7) is -0.0455. The topological polar surface area (TPSA) is 94.8 Å². The molecule has 0 spiro atoms.